The van der Waals surface area contributed by atoms with Gasteiger partial charge in [0.25, 0.3) is 0 Å². The third-order valence-corrected chi connectivity index (χ3v) is 3.94. The quantitative estimate of drug-likeness (QED) is 0.798. The van der Waals surface area contributed by atoms with Crippen molar-refractivity contribution < 1.29 is 10.0 Å². The molecule has 0 saturated carbocycles. The van der Waals surface area contributed by atoms with E-state index >= 15 is 0 Å². The highest BCUT2D eigenvalue weighted by atomic mass is 16.3. The summed E-state index contributed by atoms with van der Waals surface area (Å²) in [5.41, 5.74) is 2.80. The molecule has 0 aliphatic heterocycles. The van der Waals surface area contributed by atoms with Crippen molar-refractivity contribution in [2.45, 2.75) is 12.0 Å². The van der Waals surface area contributed by atoms with Gasteiger partial charge < -0.3 is 10.0 Å². The molecule has 2 N–H and O–H groups in total. The smallest absolute Gasteiger partial charge is 0.178 e. The second-order valence-electron chi connectivity index (χ2n) is 5.81. The van der Waals surface area contributed by atoms with Crippen molar-refractivity contribution in [3.8, 4) is 23.0 Å². The molecule has 21 heavy (non-hydrogen) atoms. The van der Waals surface area contributed by atoms with Gasteiger partial charge in [0.1, 0.15) is 0 Å². The second-order valence-corrected chi connectivity index (χ2v) is 5.81. The van der Waals surface area contributed by atoms with Crippen LogP contribution in [0.2, 0.25) is 0 Å². The first kappa shape index (κ1) is 13.9. The van der Waals surface area contributed by atoms with Crippen molar-refractivity contribution in [3.05, 3.63) is 59.7 Å². The lowest BCUT2D eigenvalue weighted by atomic mass is 9.92. The van der Waals surface area contributed by atoms with E-state index in [1.807, 2.05) is 36.4 Å². The standard InChI is InChI=1S/C19H19NO/c1-20(2)14-8-7-13-19(21)17-11-5-3-9-15(17)16-10-4-6-12-18(16)19/h3-6,9-12,21H,8,14H2,1-2H3/p+1. The monoisotopic (exact) mass is 278 g/mol. The van der Waals surface area contributed by atoms with Crippen LogP contribution in [0.1, 0.15) is 17.5 Å². The minimum Gasteiger partial charge on any atom is -0.369 e. The largest absolute Gasteiger partial charge is 0.369 e. The van der Waals surface area contributed by atoms with Gasteiger partial charge in [0.2, 0.25) is 0 Å². The predicted octanol–water partition coefficient (Wildman–Crippen LogP) is 1.44. The van der Waals surface area contributed by atoms with Crippen LogP contribution in [0.25, 0.3) is 11.1 Å². The van der Waals surface area contributed by atoms with Crippen LogP contribution in [0.3, 0.4) is 0 Å². The van der Waals surface area contributed by atoms with E-state index in [1.54, 1.807) is 0 Å². The highest BCUT2D eigenvalue weighted by Crippen LogP contribution is 2.46. The zero-order valence-electron chi connectivity index (χ0n) is 12.5. The number of rotatable bonds is 2. The second kappa shape index (κ2) is 5.37. The highest BCUT2D eigenvalue weighted by Gasteiger charge is 2.39. The Balaban J connectivity index is 2.05. The Hall–Kier alpha value is -2.08. The summed E-state index contributed by atoms with van der Waals surface area (Å²) in [6.45, 7) is 0.979. The molecule has 106 valence electrons. The molecule has 0 amide bonds. The van der Waals surface area contributed by atoms with E-state index in [0.29, 0.717) is 0 Å². The van der Waals surface area contributed by atoms with Crippen LogP contribution in [-0.4, -0.2) is 25.7 Å². The number of hydrogen-bond acceptors (Lipinski definition) is 1. The van der Waals surface area contributed by atoms with E-state index < -0.39 is 5.60 Å². The first-order valence-electron chi connectivity index (χ1n) is 7.34. The molecule has 3 rings (SSSR count). The number of nitrogens with one attached hydrogen (secondary N) is 1. The summed E-state index contributed by atoms with van der Waals surface area (Å²) in [5, 5.41) is 11.2. The van der Waals surface area contributed by atoms with Gasteiger partial charge in [-0.3, -0.25) is 0 Å². The fourth-order valence-corrected chi connectivity index (χ4v) is 2.85. The average Bonchev–Trinajstić information content (AvgIpc) is 2.75. The molecule has 0 aromatic heterocycles. The van der Waals surface area contributed by atoms with Crippen LogP contribution >= 0.6 is 0 Å². The van der Waals surface area contributed by atoms with Crippen molar-refractivity contribution in [2.24, 2.45) is 0 Å². The van der Waals surface area contributed by atoms with Gasteiger partial charge in [0.15, 0.2) is 5.60 Å². The lowest BCUT2D eigenvalue weighted by Crippen LogP contribution is -3.05. The molecule has 2 nitrogen and oxygen atoms in total. The lowest BCUT2D eigenvalue weighted by Gasteiger charge is -2.18. The van der Waals surface area contributed by atoms with Crippen LogP contribution in [0.15, 0.2) is 48.5 Å². The molecule has 2 heteroatoms. The van der Waals surface area contributed by atoms with Crippen molar-refractivity contribution in [1.29, 1.82) is 0 Å². The lowest BCUT2D eigenvalue weighted by molar-refractivity contribution is -0.857. The first-order chi connectivity index (χ1) is 10.1. The molecule has 2 aromatic carbocycles. The number of fused-ring (bicyclic) bond motifs is 3. The zero-order valence-corrected chi connectivity index (χ0v) is 12.5. The molecule has 0 saturated heterocycles. The summed E-state index contributed by atoms with van der Waals surface area (Å²) in [6.07, 6.45) is 0.787. The Morgan fingerprint density at radius 1 is 0.952 bits per heavy atom. The van der Waals surface area contributed by atoms with Crippen LogP contribution in [-0.2, 0) is 5.60 Å². The average molecular weight is 278 g/mol. The maximum absolute atomic E-state index is 11.2. The van der Waals surface area contributed by atoms with Gasteiger partial charge in [0, 0.05) is 11.1 Å². The Labute approximate surface area is 126 Å². The molecule has 0 radical (unpaired) electrons. The Kier molecular flexibility index (Phi) is 3.55. The molecular formula is C19H20NO+. The van der Waals surface area contributed by atoms with Gasteiger partial charge in [-0.15, -0.1) is 0 Å². The van der Waals surface area contributed by atoms with Crippen LogP contribution in [0, 0.1) is 11.8 Å². The molecule has 0 spiro atoms. The number of hydrogen-bond donors (Lipinski definition) is 2. The summed E-state index contributed by atoms with van der Waals surface area (Å²) < 4.78 is 0. The third kappa shape index (κ3) is 2.35. The van der Waals surface area contributed by atoms with E-state index in [4.69, 9.17) is 0 Å². The predicted molar refractivity (Wildman–Crippen MR) is 84.9 cm³/mol. The van der Waals surface area contributed by atoms with Crippen molar-refractivity contribution >= 4 is 0 Å². The molecule has 0 heterocycles. The molecule has 2 aromatic rings. The summed E-state index contributed by atoms with van der Waals surface area (Å²) in [4.78, 5) is 1.36. The van der Waals surface area contributed by atoms with Crippen LogP contribution in [0.4, 0.5) is 0 Å². The number of aliphatic hydroxyl groups is 1. The van der Waals surface area contributed by atoms with Gasteiger partial charge in [0.05, 0.1) is 27.1 Å². The Morgan fingerprint density at radius 3 is 2.00 bits per heavy atom. The fraction of sp³-hybridized carbons (Fsp3) is 0.263. The number of quaternary nitrogens is 1. The van der Waals surface area contributed by atoms with Crippen molar-refractivity contribution in [2.75, 3.05) is 20.6 Å². The van der Waals surface area contributed by atoms with Gasteiger partial charge in [-0.05, 0) is 11.1 Å². The third-order valence-electron chi connectivity index (χ3n) is 3.94. The van der Waals surface area contributed by atoms with Crippen molar-refractivity contribution in [1.82, 2.24) is 0 Å². The highest BCUT2D eigenvalue weighted by molar-refractivity contribution is 5.81. The molecule has 1 aliphatic rings. The van der Waals surface area contributed by atoms with E-state index in [2.05, 4.69) is 38.1 Å². The van der Waals surface area contributed by atoms with Gasteiger partial charge in [-0.1, -0.05) is 60.4 Å². The van der Waals surface area contributed by atoms with Crippen LogP contribution in [0.5, 0.6) is 0 Å². The van der Waals surface area contributed by atoms with Gasteiger partial charge >= 0.3 is 0 Å². The molecule has 1 aliphatic carbocycles. The molecule has 0 bridgehead atoms. The van der Waals surface area contributed by atoms with E-state index in [9.17, 15) is 5.11 Å². The van der Waals surface area contributed by atoms with Gasteiger partial charge in [-0.25, -0.2) is 0 Å². The summed E-state index contributed by atoms with van der Waals surface area (Å²) >= 11 is 0. The molecular weight excluding hydrogens is 258 g/mol. The summed E-state index contributed by atoms with van der Waals surface area (Å²) in [5.74, 6) is 6.28. The SMILES string of the molecule is C[NH+](C)CCC#CC1(O)c2ccccc2-c2ccccc21. The topological polar surface area (TPSA) is 24.7 Å². The maximum atomic E-state index is 11.2. The Bertz CT molecular complexity index is 676. The van der Waals surface area contributed by atoms with E-state index in [0.717, 1.165) is 35.2 Å². The summed E-state index contributed by atoms with van der Waals surface area (Å²) in [6, 6.07) is 16.0. The number of benzene rings is 2. The molecule has 0 atom stereocenters. The molecule has 0 fully saturated rings. The molecule has 0 unspecified atom stereocenters. The summed E-state index contributed by atoms with van der Waals surface area (Å²) in [7, 11) is 4.22. The normalized spacial score (nSPS) is 14.3. The van der Waals surface area contributed by atoms with Crippen molar-refractivity contribution in [3.63, 3.8) is 0 Å². The first-order valence-corrected chi connectivity index (χ1v) is 7.34. The van der Waals surface area contributed by atoms with Crippen LogP contribution < -0.4 is 4.90 Å². The fourth-order valence-electron chi connectivity index (χ4n) is 2.85. The van der Waals surface area contributed by atoms with E-state index in [1.165, 1.54) is 4.90 Å². The van der Waals surface area contributed by atoms with E-state index in [-0.39, 0.29) is 0 Å². The van der Waals surface area contributed by atoms with Gasteiger partial charge in [-0.2, -0.15) is 0 Å². The Morgan fingerprint density at radius 2 is 1.48 bits per heavy atom. The minimum absolute atomic E-state index is 0.787. The minimum atomic E-state index is -1.17. The zero-order chi connectivity index (χ0) is 14.9. The maximum Gasteiger partial charge on any atom is 0.178 e.